The van der Waals surface area contributed by atoms with Gasteiger partial charge in [0.1, 0.15) is 0 Å². The van der Waals surface area contributed by atoms with Crippen LogP contribution in [-0.2, 0) is 6.54 Å². The zero-order valence-electron chi connectivity index (χ0n) is 11.0. The van der Waals surface area contributed by atoms with Gasteiger partial charge in [0.05, 0.1) is 0 Å². The van der Waals surface area contributed by atoms with Crippen LogP contribution in [-0.4, -0.2) is 28.8 Å². The topological polar surface area (TPSA) is 68.2 Å². The molecule has 1 aromatic heterocycles. The molecule has 2 rings (SSSR count). The molecule has 1 aromatic rings. The molecule has 100 valence electrons. The fourth-order valence-corrected chi connectivity index (χ4v) is 2.04. The van der Waals surface area contributed by atoms with Gasteiger partial charge in [0, 0.05) is 32.0 Å². The van der Waals surface area contributed by atoms with Gasteiger partial charge in [-0.2, -0.15) is 5.10 Å². The van der Waals surface area contributed by atoms with Crippen molar-refractivity contribution in [3.05, 3.63) is 18.5 Å². The maximum Gasteiger partial charge on any atom is 0.188 e. The second kappa shape index (κ2) is 6.42. The van der Waals surface area contributed by atoms with E-state index < -0.39 is 0 Å². The summed E-state index contributed by atoms with van der Waals surface area (Å²) in [6.07, 6.45) is 7.79. The Morgan fingerprint density at radius 2 is 2.44 bits per heavy atom. The summed E-state index contributed by atoms with van der Waals surface area (Å²) in [6, 6.07) is 1.94. The van der Waals surface area contributed by atoms with Gasteiger partial charge in [0.15, 0.2) is 5.96 Å². The van der Waals surface area contributed by atoms with Crippen molar-refractivity contribution < 1.29 is 0 Å². The lowest BCUT2D eigenvalue weighted by molar-refractivity contribution is 0.315. The first-order chi connectivity index (χ1) is 8.74. The minimum atomic E-state index is 0.439. The summed E-state index contributed by atoms with van der Waals surface area (Å²) in [7, 11) is 0. The highest BCUT2D eigenvalue weighted by Gasteiger charge is 2.16. The molecule has 5 nitrogen and oxygen atoms in total. The highest BCUT2D eigenvalue weighted by Crippen LogP contribution is 2.24. The maximum atomic E-state index is 5.84. The largest absolute Gasteiger partial charge is 0.370 e. The van der Waals surface area contributed by atoms with Gasteiger partial charge in [-0.05, 0) is 30.7 Å². The highest BCUT2D eigenvalue weighted by molar-refractivity contribution is 5.77. The fraction of sp³-hybridized carbons (Fsp3) is 0.692. The molecule has 0 saturated heterocycles. The van der Waals surface area contributed by atoms with Gasteiger partial charge in [0.25, 0.3) is 0 Å². The molecule has 1 aliphatic carbocycles. The van der Waals surface area contributed by atoms with Crippen LogP contribution >= 0.6 is 0 Å². The Hall–Kier alpha value is -1.52. The molecule has 1 heterocycles. The summed E-state index contributed by atoms with van der Waals surface area (Å²) >= 11 is 0. The van der Waals surface area contributed by atoms with E-state index in [0.717, 1.165) is 25.6 Å². The van der Waals surface area contributed by atoms with Gasteiger partial charge in [0.2, 0.25) is 0 Å². The Bertz CT molecular complexity index is 367. The van der Waals surface area contributed by atoms with Crippen molar-refractivity contribution >= 4 is 5.96 Å². The molecule has 1 atom stereocenters. The highest BCUT2D eigenvalue weighted by atomic mass is 15.3. The summed E-state index contributed by atoms with van der Waals surface area (Å²) in [4.78, 5) is 4.38. The van der Waals surface area contributed by atoms with Crippen LogP contribution in [0.5, 0.6) is 0 Å². The molecule has 5 heteroatoms. The van der Waals surface area contributed by atoms with Crippen LogP contribution in [0.4, 0.5) is 0 Å². The lowest BCUT2D eigenvalue weighted by atomic mass is 9.85. The predicted octanol–water partition coefficient (Wildman–Crippen LogP) is 1.22. The molecule has 0 aliphatic heterocycles. The second-order valence-corrected chi connectivity index (χ2v) is 5.24. The monoisotopic (exact) mass is 249 g/mol. The van der Waals surface area contributed by atoms with Gasteiger partial charge in [-0.1, -0.05) is 13.3 Å². The summed E-state index contributed by atoms with van der Waals surface area (Å²) in [5.41, 5.74) is 5.84. The van der Waals surface area contributed by atoms with Gasteiger partial charge in [-0.15, -0.1) is 0 Å². The van der Waals surface area contributed by atoms with E-state index in [1.54, 1.807) is 6.20 Å². The van der Waals surface area contributed by atoms with Crippen LogP contribution in [0.25, 0.3) is 0 Å². The van der Waals surface area contributed by atoms with E-state index in [2.05, 4.69) is 22.3 Å². The van der Waals surface area contributed by atoms with Crippen LogP contribution in [0.2, 0.25) is 0 Å². The van der Waals surface area contributed by atoms with Crippen LogP contribution in [0.15, 0.2) is 23.5 Å². The van der Waals surface area contributed by atoms with Crippen LogP contribution in [0.3, 0.4) is 0 Å². The SMILES string of the molecule is CC(CN=C(N)NCC1CCC1)Cn1cccn1. The first-order valence-corrected chi connectivity index (χ1v) is 6.75. The summed E-state index contributed by atoms with van der Waals surface area (Å²) in [6.45, 7) is 4.75. The Labute approximate surface area is 108 Å². The van der Waals surface area contributed by atoms with Crippen molar-refractivity contribution in [2.45, 2.75) is 32.7 Å². The predicted molar refractivity (Wildman–Crippen MR) is 73.2 cm³/mol. The van der Waals surface area contributed by atoms with Crippen molar-refractivity contribution in [2.75, 3.05) is 13.1 Å². The van der Waals surface area contributed by atoms with Crippen LogP contribution in [0, 0.1) is 11.8 Å². The molecule has 1 aliphatic rings. The first kappa shape index (κ1) is 12.9. The molecule has 0 aromatic carbocycles. The normalized spacial score (nSPS) is 18.4. The van der Waals surface area contributed by atoms with E-state index in [4.69, 9.17) is 5.73 Å². The van der Waals surface area contributed by atoms with E-state index in [1.807, 2.05) is 16.9 Å². The lowest BCUT2D eigenvalue weighted by Crippen LogP contribution is -2.37. The third-order valence-electron chi connectivity index (χ3n) is 3.43. The summed E-state index contributed by atoms with van der Waals surface area (Å²) < 4.78 is 1.93. The number of aliphatic imine (C=N–C) groups is 1. The molecule has 0 spiro atoms. The van der Waals surface area contributed by atoms with Crippen LogP contribution in [0.1, 0.15) is 26.2 Å². The quantitative estimate of drug-likeness (QED) is 0.588. The van der Waals surface area contributed by atoms with Gasteiger partial charge in [-0.25, -0.2) is 0 Å². The number of guanidine groups is 1. The molecule has 3 N–H and O–H groups in total. The Morgan fingerprint density at radius 1 is 1.61 bits per heavy atom. The smallest absolute Gasteiger partial charge is 0.188 e. The summed E-state index contributed by atoms with van der Waals surface area (Å²) in [5.74, 6) is 1.82. The molecule has 1 saturated carbocycles. The molecule has 18 heavy (non-hydrogen) atoms. The van der Waals surface area contributed by atoms with Crippen molar-refractivity contribution in [3.8, 4) is 0 Å². The first-order valence-electron chi connectivity index (χ1n) is 6.75. The van der Waals surface area contributed by atoms with E-state index >= 15 is 0 Å². The molecule has 0 radical (unpaired) electrons. The molecule has 0 bridgehead atoms. The molecular weight excluding hydrogens is 226 g/mol. The average molecular weight is 249 g/mol. The standard InChI is InChI=1S/C13H23N5/c1-11(10-18-7-3-6-17-18)8-15-13(14)16-9-12-4-2-5-12/h3,6-7,11-12H,2,4-5,8-10H2,1H3,(H3,14,15,16). The van der Waals surface area contributed by atoms with E-state index in [9.17, 15) is 0 Å². The van der Waals surface area contributed by atoms with Crippen molar-refractivity contribution in [1.82, 2.24) is 15.1 Å². The number of rotatable bonds is 6. The van der Waals surface area contributed by atoms with E-state index in [1.165, 1.54) is 19.3 Å². The number of hydrogen-bond acceptors (Lipinski definition) is 2. The molecule has 1 fully saturated rings. The van der Waals surface area contributed by atoms with Gasteiger partial charge >= 0.3 is 0 Å². The van der Waals surface area contributed by atoms with Gasteiger partial charge < -0.3 is 11.1 Å². The number of nitrogens with one attached hydrogen (secondary N) is 1. The van der Waals surface area contributed by atoms with Crippen molar-refractivity contribution in [3.63, 3.8) is 0 Å². The molecule has 1 unspecified atom stereocenters. The van der Waals surface area contributed by atoms with Crippen molar-refractivity contribution in [2.24, 2.45) is 22.6 Å². The number of hydrogen-bond donors (Lipinski definition) is 2. The van der Waals surface area contributed by atoms with Crippen molar-refractivity contribution in [1.29, 1.82) is 0 Å². The van der Waals surface area contributed by atoms with Crippen LogP contribution < -0.4 is 11.1 Å². The fourth-order valence-electron chi connectivity index (χ4n) is 2.04. The average Bonchev–Trinajstić information content (AvgIpc) is 2.77. The lowest BCUT2D eigenvalue weighted by Gasteiger charge is -2.25. The Balaban J connectivity index is 1.64. The van der Waals surface area contributed by atoms with E-state index in [-0.39, 0.29) is 0 Å². The zero-order valence-corrected chi connectivity index (χ0v) is 11.0. The number of nitrogens with zero attached hydrogens (tertiary/aromatic N) is 3. The molecule has 0 amide bonds. The summed E-state index contributed by atoms with van der Waals surface area (Å²) in [5, 5.41) is 7.39. The Kier molecular flexibility index (Phi) is 4.61. The number of nitrogens with two attached hydrogens (primary N) is 1. The number of aromatic nitrogens is 2. The second-order valence-electron chi connectivity index (χ2n) is 5.24. The molecular formula is C13H23N5. The van der Waals surface area contributed by atoms with E-state index in [0.29, 0.717) is 11.9 Å². The Morgan fingerprint density at radius 3 is 3.06 bits per heavy atom. The maximum absolute atomic E-state index is 5.84. The minimum Gasteiger partial charge on any atom is -0.370 e. The van der Waals surface area contributed by atoms with Gasteiger partial charge in [-0.3, -0.25) is 9.67 Å². The third kappa shape index (κ3) is 4.05. The third-order valence-corrected chi connectivity index (χ3v) is 3.43. The zero-order chi connectivity index (χ0) is 12.8. The minimum absolute atomic E-state index is 0.439.